The second-order valence-corrected chi connectivity index (χ2v) is 1.62. The van der Waals surface area contributed by atoms with Crippen LogP contribution in [-0.2, 0) is 0 Å². The van der Waals surface area contributed by atoms with Crippen molar-refractivity contribution in [3.05, 3.63) is 12.2 Å². The van der Waals surface area contributed by atoms with Crippen molar-refractivity contribution in [1.82, 2.24) is 0 Å². The molecule has 0 rings (SSSR count). The monoisotopic (exact) mass is 111 g/mol. The summed E-state index contributed by atoms with van der Waals surface area (Å²) in [5, 5.41) is 0. The molecule has 46 valence electrons. The van der Waals surface area contributed by atoms with Crippen LogP contribution in [0.1, 0.15) is 19.8 Å². The summed E-state index contributed by atoms with van der Waals surface area (Å²) < 4.78 is 0. The molecule has 0 bridgehead atoms. The van der Waals surface area contributed by atoms with Crippen molar-refractivity contribution in [1.29, 1.82) is 0 Å². The minimum atomic E-state index is 1.16. The van der Waals surface area contributed by atoms with E-state index in [9.17, 15) is 0 Å². The number of hydrogen-bond donors (Lipinski definition) is 0. The molecule has 0 amide bonds. The van der Waals surface area contributed by atoms with Crippen LogP contribution in [0.4, 0.5) is 0 Å². The minimum absolute atomic E-state index is 1.16. The second-order valence-electron chi connectivity index (χ2n) is 1.62. The standard InChI is InChI=1S/C7H13N/c1-3-4-5-6-7-8-2/h5-7H,3-4H2,1-2H3/b6-5-,8-7?. The maximum absolute atomic E-state index is 3.80. The Balaban J connectivity index is 3.07. The topological polar surface area (TPSA) is 12.4 Å². The Morgan fingerprint density at radius 1 is 1.50 bits per heavy atom. The van der Waals surface area contributed by atoms with Crippen LogP contribution < -0.4 is 0 Å². The van der Waals surface area contributed by atoms with Gasteiger partial charge in [-0.05, 0) is 12.5 Å². The lowest BCUT2D eigenvalue weighted by molar-refractivity contribution is 0.960. The van der Waals surface area contributed by atoms with Crippen LogP contribution in [0.5, 0.6) is 0 Å². The van der Waals surface area contributed by atoms with Crippen LogP contribution in [-0.4, -0.2) is 13.3 Å². The summed E-state index contributed by atoms with van der Waals surface area (Å²) >= 11 is 0. The average molecular weight is 111 g/mol. The van der Waals surface area contributed by atoms with E-state index in [1.807, 2.05) is 6.08 Å². The lowest BCUT2D eigenvalue weighted by atomic mass is 10.3. The van der Waals surface area contributed by atoms with Gasteiger partial charge in [0.05, 0.1) is 0 Å². The third kappa shape index (κ3) is 5.41. The molecule has 0 fully saturated rings. The number of aliphatic imine (C=N–C) groups is 1. The first-order chi connectivity index (χ1) is 3.91. The molecule has 0 aromatic rings. The predicted molar refractivity (Wildman–Crippen MR) is 38.5 cm³/mol. The van der Waals surface area contributed by atoms with Crippen LogP contribution >= 0.6 is 0 Å². The van der Waals surface area contributed by atoms with Crippen molar-refractivity contribution in [2.45, 2.75) is 19.8 Å². The van der Waals surface area contributed by atoms with Gasteiger partial charge in [-0.3, -0.25) is 4.99 Å². The van der Waals surface area contributed by atoms with Crippen molar-refractivity contribution in [2.75, 3.05) is 7.05 Å². The van der Waals surface area contributed by atoms with Gasteiger partial charge < -0.3 is 0 Å². The smallest absolute Gasteiger partial charge is 0.0277 e. The number of hydrogen-bond acceptors (Lipinski definition) is 1. The van der Waals surface area contributed by atoms with Crippen molar-refractivity contribution < 1.29 is 0 Å². The number of rotatable bonds is 3. The molecule has 0 aromatic carbocycles. The molecule has 8 heavy (non-hydrogen) atoms. The van der Waals surface area contributed by atoms with Crippen LogP contribution in [0.3, 0.4) is 0 Å². The maximum atomic E-state index is 3.80. The van der Waals surface area contributed by atoms with Crippen molar-refractivity contribution in [3.63, 3.8) is 0 Å². The van der Waals surface area contributed by atoms with Gasteiger partial charge in [-0.25, -0.2) is 0 Å². The number of allylic oxidation sites excluding steroid dienone is 2. The summed E-state index contributed by atoms with van der Waals surface area (Å²) in [6.07, 6.45) is 8.27. The molecule has 0 radical (unpaired) electrons. The molecule has 0 aliphatic heterocycles. The molecule has 0 aliphatic carbocycles. The molecule has 0 atom stereocenters. The maximum Gasteiger partial charge on any atom is 0.0277 e. The van der Waals surface area contributed by atoms with E-state index in [1.165, 1.54) is 6.42 Å². The Hall–Kier alpha value is -0.590. The highest BCUT2D eigenvalue weighted by molar-refractivity contribution is 5.70. The summed E-state index contributed by atoms with van der Waals surface area (Å²) in [4.78, 5) is 3.80. The highest BCUT2D eigenvalue weighted by Crippen LogP contribution is 1.85. The van der Waals surface area contributed by atoms with Crippen LogP contribution in [0.2, 0.25) is 0 Å². The Bertz CT molecular complexity index is 82.4. The number of unbranched alkanes of at least 4 members (excludes halogenated alkanes) is 1. The first-order valence-corrected chi connectivity index (χ1v) is 2.99. The SMILES string of the molecule is CCC/C=C\C=NC. The molecule has 0 aliphatic rings. The van der Waals surface area contributed by atoms with E-state index in [4.69, 9.17) is 0 Å². The predicted octanol–water partition coefficient (Wildman–Crippen LogP) is 2.04. The van der Waals surface area contributed by atoms with Gasteiger partial charge in [0.2, 0.25) is 0 Å². The molecule has 0 heterocycles. The zero-order valence-electron chi connectivity index (χ0n) is 5.59. The Kier molecular flexibility index (Phi) is 5.94. The molecule has 1 nitrogen and oxygen atoms in total. The van der Waals surface area contributed by atoms with Gasteiger partial charge >= 0.3 is 0 Å². The average Bonchev–Trinajstić information content (AvgIpc) is 1.81. The zero-order valence-corrected chi connectivity index (χ0v) is 5.59. The Labute approximate surface area is 51.1 Å². The van der Waals surface area contributed by atoms with Gasteiger partial charge in [0.25, 0.3) is 0 Å². The fraction of sp³-hybridized carbons (Fsp3) is 0.571. The third-order valence-corrected chi connectivity index (χ3v) is 0.827. The molecule has 0 unspecified atom stereocenters. The van der Waals surface area contributed by atoms with Gasteiger partial charge in [-0.1, -0.05) is 19.4 Å². The molecular weight excluding hydrogens is 98.1 g/mol. The largest absolute Gasteiger partial charge is 0.297 e. The highest BCUT2D eigenvalue weighted by atomic mass is 14.6. The van der Waals surface area contributed by atoms with Gasteiger partial charge in [0.1, 0.15) is 0 Å². The van der Waals surface area contributed by atoms with E-state index in [-0.39, 0.29) is 0 Å². The van der Waals surface area contributed by atoms with Crippen molar-refractivity contribution in [2.24, 2.45) is 4.99 Å². The summed E-state index contributed by atoms with van der Waals surface area (Å²) in [5.74, 6) is 0. The van der Waals surface area contributed by atoms with E-state index in [0.717, 1.165) is 6.42 Å². The molecule has 1 heteroatoms. The zero-order chi connectivity index (χ0) is 6.24. The fourth-order valence-electron chi connectivity index (χ4n) is 0.410. The second kappa shape index (κ2) is 6.41. The minimum Gasteiger partial charge on any atom is -0.297 e. The molecule has 0 N–H and O–H groups in total. The van der Waals surface area contributed by atoms with Gasteiger partial charge in [0, 0.05) is 13.3 Å². The quantitative estimate of drug-likeness (QED) is 0.494. The van der Waals surface area contributed by atoms with E-state index < -0.39 is 0 Å². The highest BCUT2D eigenvalue weighted by Gasteiger charge is 1.67. The Morgan fingerprint density at radius 3 is 2.75 bits per heavy atom. The van der Waals surface area contributed by atoms with Gasteiger partial charge in [-0.15, -0.1) is 0 Å². The fourth-order valence-corrected chi connectivity index (χ4v) is 0.410. The van der Waals surface area contributed by atoms with Gasteiger partial charge in [-0.2, -0.15) is 0 Å². The normalized spacial score (nSPS) is 11.8. The van der Waals surface area contributed by atoms with Crippen LogP contribution in [0.25, 0.3) is 0 Å². The van der Waals surface area contributed by atoms with E-state index in [1.54, 1.807) is 13.3 Å². The summed E-state index contributed by atoms with van der Waals surface area (Å²) in [7, 11) is 1.77. The lowest BCUT2D eigenvalue weighted by Gasteiger charge is -1.78. The van der Waals surface area contributed by atoms with Gasteiger partial charge in [0.15, 0.2) is 0 Å². The molecule has 0 saturated carbocycles. The molecule has 0 spiro atoms. The van der Waals surface area contributed by atoms with E-state index in [2.05, 4.69) is 18.0 Å². The first kappa shape index (κ1) is 7.41. The lowest BCUT2D eigenvalue weighted by Crippen LogP contribution is -1.63. The molecule has 0 aromatic heterocycles. The van der Waals surface area contributed by atoms with Crippen molar-refractivity contribution in [3.8, 4) is 0 Å². The van der Waals surface area contributed by atoms with E-state index in [0.29, 0.717) is 0 Å². The summed E-state index contributed by atoms with van der Waals surface area (Å²) in [6.45, 7) is 2.16. The number of nitrogens with zero attached hydrogens (tertiary/aromatic N) is 1. The van der Waals surface area contributed by atoms with E-state index >= 15 is 0 Å². The molecular formula is C7H13N. The third-order valence-electron chi connectivity index (χ3n) is 0.827. The summed E-state index contributed by atoms with van der Waals surface area (Å²) in [5.41, 5.74) is 0. The summed E-state index contributed by atoms with van der Waals surface area (Å²) in [6, 6.07) is 0. The first-order valence-electron chi connectivity index (χ1n) is 2.99. The van der Waals surface area contributed by atoms with Crippen molar-refractivity contribution >= 4 is 6.21 Å². The molecule has 0 saturated heterocycles. The van der Waals surface area contributed by atoms with Crippen LogP contribution in [0, 0.1) is 0 Å². The van der Waals surface area contributed by atoms with Crippen LogP contribution in [0.15, 0.2) is 17.1 Å². The Morgan fingerprint density at radius 2 is 2.25 bits per heavy atom.